The Kier molecular flexibility index (Phi) is 4.57. The van der Waals surface area contributed by atoms with E-state index in [1.807, 2.05) is 0 Å². The van der Waals surface area contributed by atoms with Gasteiger partial charge in [0.1, 0.15) is 18.0 Å². The topological polar surface area (TPSA) is 121 Å². The van der Waals surface area contributed by atoms with Crippen molar-refractivity contribution in [2.24, 2.45) is 28.9 Å². The van der Waals surface area contributed by atoms with Gasteiger partial charge in [0, 0.05) is 25.3 Å². The molecule has 4 saturated carbocycles. The maximum absolute atomic E-state index is 12.9. The zero-order valence-corrected chi connectivity index (χ0v) is 16.9. The minimum absolute atomic E-state index is 0.0891. The van der Waals surface area contributed by atoms with Crippen LogP contribution in [-0.2, 0) is 9.53 Å². The summed E-state index contributed by atoms with van der Waals surface area (Å²) < 4.78 is 6.02. The average molecular weight is 409 g/mol. The van der Waals surface area contributed by atoms with Crippen LogP contribution in [0.1, 0.15) is 44.1 Å². The van der Waals surface area contributed by atoms with Gasteiger partial charge < -0.3 is 20.7 Å². The van der Waals surface area contributed by atoms with Gasteiger partial charge in [-0.2, -0.15) is 5.26 Å². The number of nitrogens with zero attached hydrogens (tertiary/aromatic N) is 3. The molecular formula is C22H27N5O3. The standard InChI is InChI=1S/C22H27N5O3/c23-10-13-1-2-18(25-11-13)26-17-3-4-27(12-17)21(29)30-19-15-5-14-6-16(19)9-22(7-14,8-15)20(24)28/h1-2,11,14-17,19H,3-9,12H2,(H2,24,28)(H,25,26)/t14?,15-,16?,17?,19?,22?/m1/s1. The zero-order chi connectivity index (χ0) is 20.9. The van der Waals surface area contributed by atoms with E-state index in [4.69, 9.17) is 15.7 Å². The Bertz CT molecular complexity index is 879. The fourth-order valence-electron chi connectivity index (χ4n) is 6.46. The maximum Gasteiger partial charge on any atom is 0.410 e. The lowest BCUT2D eigenvalue weighted by molar-refractivity contribution is -0.161. The van der Waals surface area contributed by atoms with Crippen LogP contribution in [0, 0.1) is 34.5 Å². The first-order valence-electron chi connectivity index (χ1n) is 10.8. The van der Waals surface area contributed by atoms with Gasteiger partial charge in [-0.3, -0.25) is 4.79 Å². The third kappa shape index (κ3) is 3.26. The summed E-state index contributed by atoms with van der Waals surface area (Å²) in [5, 5.41) is 12.2. The van der Waals surface area contributed by atoms with Crippen LogP contribution in [0.5, 0.6) is 0 Å². The number of ether oxygens (including phenoxy) is 1. The van der Waals surface area contributed by atoms with E-state index in [-0.39, 0.29) is 41.4 Å². The van der Waals surface area contributed by atoms with Crippen LogP contribution < -0.4 is 11.1 Å². The highest BCUT2D eigenvalue weighted by Crippen LogP contribution is 2.60. The number of nitrogens with two attached hydrogens (primary N) is 1. The number of aromatic nitrogens is 1. The van der Waals surface area contributed by atoms with Crippen molar-refractivity contribution in [1.82, 2.24) is 9.88 Å². The molecule has 8 heteroatoms. The van der Waals surface area contributed by atoms with Gasteiger partial charge >= 0.3 is 6.09 Å². The second-order valence-corrected chi connectivity index (χ2v) is 9.58. The Morgan fingerprint density at radius 2 is 2.03 bits per heavy atom. The van der Waals surface area contributed by atoms with Crippen molar-refractivity contribution >= 4 is 17.8 Å². The van der Waals surface area contributed by atoms with Crippen LogP contribution in [-0.4, -0.2) is 47.1 Å². The third-order valence-corrected chi connectivity index (χ3v) is 7.64. The Hall–Kier alpha value is -2.82. The molecule has 6 atom stereocenters. The summed E-state index contributed by atoms with van der Waals surface area (Å²) in [6, 6.07) is 5.66. The summed E-state index contributed by atoms with van der Waals surface area (Å²) in [6.45, 7) is 1.21. The van der Waals surface area contributed by atoms with E-state index >= 15 is 0 Å². The number of carbonyl (C=O) groups excluding carboxylic acids is 2. The molecular weight excluding hydrogens is 382 g/mol. The Morgan fingerprint density at radius 3 is 2.67 bits per heavy atom. The van der Waals surface area contributed by atoms with Crippen LogP contribution in [0.15, 0.2) is 18.3 Å². The van der Waals surface area contributed by atoms with Crippen molar-refractivity contribution in [2.75, 3.05) is 18.4 Å². The number of rotatable bonds is 4. The second kappa shape index (κ2) is 7.15. The molecule has 30 heavy (non-hydrogen) atoms. The van der Waals surface area contributed by atoms with Crippen LogP contribution in [0.25, 0.3) is 0 Å². The Labute approximate surface area is 175 Å². The number of anilines is 1. The van der Waals surface area contributed by atoms with Gasteiger partial charge in [0.25, 0.3) is 0 Å². The van der Waals surface area contributed by atoms with Crippen LogP contribution >= 0.6 is 0 Å². The molecule has 2 amide bonds. The summed E-state index contributed by atoms with van der Waals surface area (Å²) >= 11 is 0. The molecule has 5 fully saturated rings. The van der Waals surface area contributed by atoms with Crippen LogP contribution in [0.2, 0.25) is 0 Å². The number of nitriles is 1. The van der Waals surface area contributed by atoms with E-state index in [1.54, 1.807) is 17.0 Å². The van der Waals surface area contributed by atoms with Gasteiger partial charge in [0.2, 0.25) is 5.91 Å². The Morgan fingerprint density at radius 1 is 1.27 bits per heavy atom. The molecule has 1 aromatic rings. The predicted octanol–water partition coefficient (Wildman–Crippen LogP) is 2.26. The summed E-state index contributed by atoms with van der Waals surface area (Å²) in [7, 11) is 0. The minimum atomic E-state index is -0.365. The summed E-state index contributed by atoms with van der Waals surface area (Å²) in [4.78, 5) is 31.0. The fraction of sp³-hybridized carbons (Fsp3) is 0.636. The molecule has 5 aliphatic rings. The lowest BCUT2D eigenvalue weighted by Gasteiger charge is -2.58. The number of carbonyl (C=O) groups is 2. The monoisotopic (exact) mass is 409 g/mol. The molecule has 1 aromatic heterocycles. The first-order valence-corrected chi connectivity index (χ1v) is 10.8. The predicted molar refractivity (Wildman–Crippen MR) is 108 cm³/mol. The van der Waals surface area contributed by atoms with Gasteiger partial charge in [-0.1, -0.05) is 0 Å². The molecule has 0 aromatic carbocycles. The smallest absolute Gasteiger partial charge is 0.410 e. The third-order valence-electron chi connectivity index (χ3n) is 7.64. The van der Waals surface area contributed by atoms with Crippen molar-refractivity contribution in [3.63, 3.8) is 0 Å². The van der Waals surface area contributed by atoms with Crippen LogP contribution in [0.4, 0.5) is 10.6 Å². The van der Waals surface area contributed by atoms with Gasteiger partial charge in [-0.25, -0.2) is 9.78 Å². The highest BCUT2D eigenvalue weighted by atomic mass is 16.6. The molecule has 5 unspecified atom stereocenters. The molecule has 6 rings (SSSR count). The van der Waals surface area contributed by atoms with E-state index in [0.717, 1.165) is 38.5 Å². The normalized spacial score (nSPS) is 36.4. The second-order valence-electron chi connectivity index (χ2n) is 9.58. The molecule has 8 nitrogen and oxygen atoms in total. The quantitative estimate of drug-likeness (QED) is 0.787. The van der Waals surface area contributed by atoms with Crippen LogP contribution in [0.3, 0.4) is 0 Å². The SMILES string of the molecule is N#Cc1ccc(NC2CCN(C(=O)OC3C4CC5C[C@@H]3CC(C(N)=O)(C5)C4)C2)nc1. The minimum Gasteiger partial charge on any atom is -0.446 e. The van der Waals surface area contributed by atoms with E-state index in [2.05, 4.69) is 16.4 Å². The highest BCUT2D eigenvalue weighted by molar-refractivity contribution is 5.81. The number of hydrogen-bond acceptors (Lipinski definition) is 6. The zero-order valence-electron chi connectivity index (χ0n) is 16.9. The molecule has 0 radical (unpaired) electrons. The molecule has 4 aliphatic carbocycles. The number of pyridine rings is 1. The molecule has 1 saturated heterocycles. The van der Waals surface area contributed by atoms with Gasteiger partial charge in [0.15, 0.2) is 0 Å². The van der Waals surface area contributed by atoms with Crippen molar-refractivity contribution in [3.05, 3.63) is 23.9 Å². The maximum atomic E-state index is 12.9. The first-order chi connectivity index (χ1) is 14.5. The number of hydrogen-bond donors (Lipinski definition) is 2. The molecule has 3 N–H and O–H groups in total. The summed E-state index contributed by atoms with van der Waals surface area (Å²) in [6.07, 6.45) is 6.54. The van der Waals surface area contributed by atoms with Crippen molar-refractivity contribution in [1.29, 1.82) is 5.26 Å². The molecule has 1 aliphatic heterocycles. The largest absolute Gasteiger partial charge is 0.446 e. The van der Waals surface area contributed by atoms with Crippen molar-refractivity contribution in [3.8, 4) is 6.07 Å². The fourth-order valence-corrected chi connectivity index (χ4v) is 6.46. The molecule has 158 valence electrons. The van der Waals surface area contributed by atoms with E-state index in [9.17, 15) is 9.59 Å². The van der Waals surface area contributed by atoms with Gasteiger partial charge in [-0.05, 0) is 68.4 Å². The van der Waals surface area contributed by atoms with E-state index < -0.39 is 0 Å². The molecule has 0 spiro atoms. The average Bonchev–Trinajstić information content (AvgIpc) is 3.19. The highest BCUT2D eigenvalue weighted by Gasteiger charge is 2.59. The number of primary amides is 1. The van der Waals surface area contributed by atoms with Gasteiger partial charge in [0.05, 0.1) is 11.0 Å². The molecule has 2 heterocycles. The van der Waals surface area contributed by atoms with E-state index in [1.165, 1.54) is 6.20 Å². The number of amides is 2. The Balaban J connectivity index is 1.18. The van der Waals surface area contributed by atoms with Gasteiger partial charge in [-0.15, -0.1) is 0 Å². The lowest BCUT2D eigenvalue weighted by Crippen LogP contribution is -2.59. The summed E-state index contributed by atoms with van der Waals surface area (Å²) in [5.41, 5.74) is 5.90. The number of nitrogens with one attached hydrogen (secondary N) is 1. The van der Waals surface area contributed by atoms with E-state index in [0.29, 0.717) is 30.4 Å². The van der Waals surface area contributed by atoms with Crippen molar-refractivity contribution < 1.29 is 14.3 Å². The summed E-state index contributed by atoms with van der Waals surface area (Å²) in [5.74, 6) is 1.59. The molecule has 4 bridgehead atoms. The lowest BCUT2D eigenvalue weighted by atomic mass is 9.48. The van der Waals surface area contributed by atoms with Crippen molar-refractivity contribution in [2.45, 2.75) is 50.7 Å². The first kappa shape index (κ1) is 19.2. The number of likely N-dealkylation sites (tertiary alicyclic amines) is 1.